The molecule has 3 nitrogen and oxygen atoms in total. The van der Waals surface area contributed by atoms with Crippen LogP contribution >= 0.6 is 0 Å². The van der Waals surface area contributed by atoms with Crippen LogP contribution in [0.3, 0.4) is 0 Å². The Balaban J connectivity index is 2.02. The molecular weight excluding hydrogens is 200 g/mol. The molecule has 16 heavy (non-hydrogen) atoms. The van der Waals surface area contributed by atoms with Gasteiger partial charge in [-0.3, -0.25) is 0 Å². The second-order valence-electron chi connectivity index (χ2n) is 3.82. The number of hydrogen-bond acceptors (Lipinski definition) is 2. The molecule has 2 aromatic rings. The summed E-state index contributed by atoms with van der Waals surface area (Å²) in [6.45, 7) is 4.39. The van der Waals surface area contributed by atoms with Gasteiger partial charge in [-0.05, 0) is 31.2 Å². The van der Waals surface area contributed by atoms with E-state index in [1.54, 1.807) is 0 Å². The Morgan fingerprint density at radius 2 is 2.19 bits per heavy atom. The van der Waals surface area contributed by atoms with Crippen molar-refractivity contribution in [3.05, 3.63) is 30.5 Å². The summed E-state index contributed by atoms with van der Waals surface area (Å²) in [5.74, 6) is 0. The van der Waals surface area contributed by atoms with Crippen molar-refractivity contribution >= 4 is 16.6 Å². The van der Waals surface area contributed by atoms with Crippen LogP contribution < -0.4 is 5.32 Å². The number of fused-ring (bicyclic) bond motifs is 1. The van der Waals surface area contributed by atoms with Crippen molar-refractivity contribution in [2.75, 3.05) is 25.1 Å². The van der Waals surface area contributed by atoms with Crippen molar-refractivity contribution in [1.29, 1.82) is 0 Å². The zero-order chi connectivity index (χ0) is 11.4. The lowest BCUT2D eigenvalue weighted by Gasteiger charge is -2.06. The average molecular weight is 218 g/mol. The van der Waals surface area contributed by atoms with Crippen LogP contribution in [0.5, 0.6) is 0 Å². The number of nitrogens with one attached hydrogen (secondary N) is 1. The largest absolute Gasteiger partial charge is 0.383 e. The maximum absolute atomic E-state index is 5.28. The van der Waals surface area contributed by atoms with Crippen molar-refractivity contribution in [3.63, 3.8) is 0 Å². The fraction of sp³-hybridized carbons (Fsp3) is 0.385. The van der Waals surface area contributed by atoms with Gasteiger partial charge in [0.05, 0.1) is 6.61 Å². The summed E-state index contributed by atoms with van der Waals surface area (Å²) < 4.78 is 7.40. The number of nitrogens with zero attached hydrogens (tertiary/aromatic N) is 1. The van der Waals surface area contributed by atoms with Crippen LogP contribution in [-0.4, -0.2) is 24.3 Å². The number of benzene rings is 1. The maximum atomic E-state index is 5.28. The molecule has 1 heterocycles. The molecule has 0 saturated heterocycles. The number of anilines is 1. The summed E-state index contributed by atoms with van der Waals surface area (Å²) >= 11 is 0. The highest BCUT2D eigenvalue weighted by Crippen LogP contribution is 2.19. The summed E-state index contributed by atoms with van der Waals surface area (Å²) in [4.78, 5) is 0. The number of ether oxygens (including phenoxy) is 1. The van der Waals surface area contributed by atoms with Crippen molar-refractivity contribution in [3.8, 4) is 0 Å². The first-order chi connectivity index (χ1) is 7.81. The number of aromatic nitrogens is 1. The Kier molecular flexibility index (Phi) is 3.47. The van der Waals surface area contributed by atoms with E-state index in [4.69, 9.17) is 4.74 Å². The van der Waals surface area contributed by atoms with Crippen LogP contribution in [0.4, 0.5) is 5.69 Å². The molecule has 0 saturated carbocycles. The standard InChI is InChI=1S/C13H18N2O/c1-3-16-9-7-14-12-4-5-13-11(10-12)6-8-15(13)2/h4-6,8,10,14H,3,7,9H2,1-2H3. The Bertz CT molecular complexity index is 462. The van der Waals surface area contributed by atoms with E-state index in [0.717, 1.165) is 25.4 Å². The van der Waals surface area contributed by atoms with E-state index in [1.165, 1.54) is 10.9 Å². The van der Waals surface area contributed by atoms with Gasteiger partial charge in [0.25, 0.3) is 0 Å². The minimum Gasteiger partial charge on any atom is -0.383 e. The van der Waals surface area contributed by atoms with Crippen LogP contribution in [0.2, 0.25) is 0 Å². The molecule has 86 valence electrons. The Morgan fingerprint density at radius 1 is 1.31 bits per heavy atom. The summed E-state index contributed by atoms with van der Waals surface area (Å²) in [5.41, 5.74) is 2.41. The van der Waals surface area contributed by atoms with Gasteiger partial charge in [-0.2, -0.15) is 0 Å². The first-order valence-corrected chi connectivity index (χ1v) is 5.68. The van der Waals surface area contributed by atoms with Crippen molar-refractivity contribution in [2.45, 2.75) is 6.92 Å². The monoisotopic (exact) mass is 218 g/mol. The molecule has 0 amide bonds. The predicted molar refractivity (Wildman–Crippen MR) is 67.9 cm³/mol. The van der Waals surface area contributed by atoms with Gasteiger partial charge in [-0.25, -0.2) is 0 Å². The highest BCUT2D eigenvalue weighted by molar-refractivity contribution is 5.83. The second-order valence-corrected chi connectivity index (χ2v) is 3.82. The molecule has 1 aromatic carbocycles. The van der Waals surface area contributed by atoms with E-state index in [-0.39, 0.29) is 0 Å². The molecular formula is C13H18N2O. The predicted octanol–water partition coefficient (Wildman–Crippen LogP) is 2.63. The van der Waals surface area contributed by atoms with E-state index >= 15 is 0 Å². The van der Waals surface area contributed by atoms with Gasteiger partial charge < -0.3 is 14.6 Å². The molecule has 3 heteroatoms. The van der Waals surface area contributed by atoms with Gasteiger partial charge >= 0.3 is 0 Å². The number of aryl methyl sites for hydroxylation is 1. The average Bonchev–Trinajstić information content (AvgIpc) is 2.66. The maximum Gasteiger partial charge on any atom is 0.0638 e. The Morgan fingerprint density at radius 3 is 3.00 bits per heavy atom. The molecule has 0 aliphatic rings. The van der Waals surface area contributed by atoms with Gasteiger partial charge in [-0.1, -0.05) is 0 Å². The molecule has 2 rings (SSSR count). The zero-order valence-corrected chi connectivity index (χ0v) is 9.86. The lowest BCUT2D eigenvalue weighted by Crippen LogP contribution is -2.08. The van der Waals surface area contributed by atoms with E-state index < -0.39 is 0 Å². The van der Waals surface area contributed by atoms with Gasteiger partial charge in [0.1, 0.15) is 0 Å². The van der Waals surface area contributed by atoms with Crippen LogP contribution in [0, 0.1) is 0 Å². The third-order valence-electron chi connectivity index (χ3n) is 2.66. The topological polar surface area (TPSA) is 26.2 Å². The first kappa shape index (κ1) is 11.0. The first-order valence-electron chi connectivity index (χ1n) is 5.68. The van der Waals surface area contributed by atoms with Crippen LogP contribution in [0.1, 0.15) is 6.92 Å². The zero-order valence-electron chi connectivity index (χ0n) is 9.86. The van der Waals surface area contributed by atoms with E-state index in [9.17, 15) is 0 Å². The molecule has 0 radical (unpaired) electrons. The quantitative estimate of drug-likeness (QED) is 0.781. The molecule has 0 unspecified atom stereocenters. The van der Waals surface area contributed by atoms with Gasteiger partial charge in [0.15, 0.2) is 0 Å². The molecule has 0 aliphatic carbocycles. The summed E-state index contributed by atoms with van der Waals surface area (Å²) in [6, 6.07) is 8.54. The summed E-state index contributed by atoms with van der Waals surface area (Å²) in [6.07, 6.45) is 2.08. The lowest BCUT2D eigenvalue weighted by molar-refractivity contribution is 0.158. The van der Waals surface area contributed by atoms with Crippen molar-refractivity contribution in [1.82, 2.24) is 4.57 Å². The third kappa shape index (κ3) is 2.36. The summed E-state index contributed by atoms with van der Waals surface area (Å²) in [5, 5.41) is 4.61. The van der Waals surface area contributed by atoms with Gasteiger partial charge in [-0.15, -0.1) is 0 Å². The molecule has 1 N–H and O–H groups in total. The highest BCUT2D eigenvalue weighted by Gasteiger charge is 1.98. The molecule has 0 fully saturated rings. The van der Waals surface area contributed by atoms with Crippen molar-refractivity contribution < 1.29 is 4.74 Å². The third-order valence-corrected chi connectivity index (χ3v) is 2.66. The normalized spacial score (nSPS) is 10.9. The minimum atomic E-state index is 0.753. The van der Waals surface area contributed by atoms with Crippen LogP contribution in [-0.2, 0) is 11.8 Å². The SMILES string of the molecule is CCOCCNc1ccc2c(ccn2C)c1. The van der Waals surface area contributed by atoms with Crippen LogP contribution in [0.25, 0.3) is 10.9 Å². The fourth-order valence-corrected chi connectivity index (χ4v) is 1.80. The molecule has 1 aromatic heterocycles. The smallest absolute Gasteiger partial charge is 0.0638 e. The van der Waals surface area contributed by atoms with E-state index in [2.05, 4.69) is 47.4 Å². The molecule has 0 spiro atoms. The summed E-state index contributed by atoms with van der Waals surface area (Å²) in [7, 11) is 2.06. The van der Waals surface area contributed by atoms with E-state index in [1.807, 2.05) is 6.92 Å². The van der Waals surface area contributed by atoms with Crippen molar-refractivity contribution in [2.24, 2.45) is 7.05 Å². The van der Waals surface area contributed by atoms with E-state index in [0.29, 0.717) is 0 Å². The molecule has 0 bridgehead atoms. The Hall–Kier alpha value is -1.48. The second kappa shape index (κ2) is 5.03. The molecule has 0 atom stereocenters. The van der Waals surface area contributed by atoms with Crippen LogP contribution in [0.15, 0.2) is 30.5 Å². The number of hydrogen-bond donors (Lipinski definition) is 1. The highest BCUT2D eigenvalue weighted by atomic mass is 16.5. The van der Waals surface area contributed by atoms with Gasteiger partial charge in [0.2, 0.25) is 0 Å². The lowest BCUT2D eigenvalue weighted by atomic mass is 10.2. The number of rotatable bonds is 5. The van der Waals surface area contributed by atoms with Gasteiger partial charge in [0, 0.05) is 43.0 Å². The molecule has 0 aliphatic heterocycles. The minimum absolute atomic E-state index is 0.753. The Labute approximate surface area is 96.0 Å². The fourth-order valence-electron chi connectivity index (χ4n) is 1.80.